The van der Waals surface area contributed by atoms with Crippen LogP contribution in [0.3, 0.4) is 0 Å². The molecule has 1 fully saturated rings. The number of benzene rings is 2. The molecule has 0 saturated heterocycles. The van der Waals surface area contributed by atoms with Crippen LogP contribution in [0.4, 0.5) is 4.79 Å². The van der Waals surface area contributed by atoms with Crippen LogP contribution in [0.2, 0.25) is 0 Å². The quantitative estimate of drug-likeness (QED) is 0.573. The number of carbonyl (C=O) groups excluding carboxylic acids is 2. The first-order valence-corrected chi connectivity index (χ1v) is 12.0. The van der Waals surface area contributed by atoms with E-state index in [9.17, 15) is 14.4 Å². The van der Waals surface area contributed by atoms with E-state index in [-0.39, 0.29) is 36.8 Å². The number of hydrogen-bond acceptors (Lipinski definition) is 4. The first-order chi connectivity index (χ1) is 16.4. The van der Waals surface area contributed by atoms with Crippen LogP contribution in [-0.2, 0) is 14.3 Å². The van der Waals surface area contributed by atoms with Crippen LogP contribution in [0, 0.1) is 5.92 Å². The van der Waals surface area contributed by atoms with Crippen LogP contribution in [0.5, 0.6) is 0 Å². The van der Waals surface area contributed by atoms with E-state index in [1.165, 1.54) is 22.3 Å². The predicted molar refractivity (Wildman–Crippen MR) is 128 cm³/mol. The molecule has 2 atom stereocenters. The molecule has 0 bridgehead atoms. The third kappa shape index (κ3) is 5.58. The van der Waals surface area contributed by atoms with Crippen molar-refractivity contribution in [3.05, 3.63) is 59.7 Å². The minimum atomic E-state index is -0.848. The maximum absolute atomic E-state index is 12.5. The fourth-order valence-corrected chi connectivity index (χ4v) is 5.19. The molecular formula is C27H32N2O5. The number of nitrogens with zero attached hydrogens (tertiary/aromatic N) is 1. The molecule has 2 aliphatic carbocycles. The fraction of sp³-hybridized carbons (Fsp3) is 0.444. The van der Waals surface area contributed by atoms with E-state index < -0.39 is 12.1 Å². The molecule has 2 N–H and O–H groups in total. The number of carbonyl (C=O) groups is 3. The van der Waals surface area contributed by atoms with Gasteiger partial charge in [-0.1, -0.05) is 48.5 Å². The summed E-state index contributed by atoms with van der Waals surface area (Å²) < 4.78 is 5.65. The summed E-state index contributed by atoms with van der Waals surface area (Å²) in [5.74, 6) is -0.576. The van der Waals surface area contributed by atoms with E-state index in [2.05, 4.69) is 29.6 Å². The lowest BCUT2D eigenvalue weighted by atomic mass is 9.98. The first-order valence-electron chi connectivity index (χ1n) is 12.0. The second-order valence-corrected chi connectivity index (χ2v) is 9.36. The number of ether oxygens (including phenoxy) is 1. The molecule has 7 heteroatoms. The summed E-state index contributed by atoms with van der Waals surface area (Å²) in [6, 6.07) is 16.5. The van der Waals surface area contributed by atoms with E-state index in [0.717, 1.165) is 19.3 Å². The van der Waals surface area contributed by atoms with E-state index in [1.807, 2.05) is 24.3 Å². The summed E-state index contributed by atoms with van der Waals surface area (Å²) in [5.41, 5.74) is 4.76. The van der Waals surface area contributed by atoms with Crippen molar-refractivity contribution in [3.63, 3.8) is 0 Å². The number of carboxylic acid groups (broad SMARTS) is 1. The number of amides is 2. The fourth-order valence-electron chi connectivity index (χ4n) is 5.19. The Balaban J connectivity index is 1.23. The predicted octanol–water partition coefficient (Wildman–Crippen LogP) is 4.41. The van der Waals surface area contributed by atoms with Gasteiger partial charge >= 0.3 is 12.1 Å². The normalized spacial score (nSPS) is 18.7. The summed E-state index contributed by atoms with van der Waals surface area (Å²) in [6.07, 6.45) is 2.98. The number of nitrogens with one attached hydrogen (secondary N) is 1. The second-order valence-electron chi connectivity index (χ2n) is 9.36. The van der Waals surface area contributed by atoms with Gasteiger partial charge in [0, 0.05) is 38.4 Å². The Hall–Kier alpha value is -3.35. The highest BCUT2D eigenvalue weighted by Crippen LogP contribution is 2.44. The lowest BCUT2D eigenvalue weighted by Crippen LogP contribution is -2.34. The van der Waals surface area contributed by atoms with Crippen LogP contribution in [0.25, 0.3) is 11.1 Å². The molecule has 1 saturated carbocycles. The molecular weight excluding hydrogens is 432 g/mol. The lowest BCUT2D eigenvalue weighted by Gasteiger charge is -2.19. The van der Waals surface area contributed by atoms with Crippen LogP contribution in [0.1, 0.15) is 55.6 Å². The Morgan fingerprint density at radius 2 is 1.68 bits per heavy atom. The van der Waals surface area contributed by atoms with Gasteiger partial charge < -0.3 is 20.1 Å². The van der Waals surface area contributed by atoms with Gasteiger partial charge in [-0.25, -0.2) is 4.79 Å². The summed E-state index contributed by atoms with van der Waals surface area (Å²) in [7, 11) is 1.71. The maximum Gasteiger partial charge on any atom is 0.407 e. The van der Waals surface area contributed by atoms with Gasteiger partial charge in [0.2, 0.25) is 5.91 Å². The number of aliphatic carboxylic acids is 1. The summed E-state index contributed by atoms with van der Waals surface area (Å²) in [6.45, 7) is 0.731. The molecule has 2 aromatic rings. The summed E-state index contributed by atoms with van der Waals surface area (Å²) in [4.78, 5) is 37.2. The van der Waals surface area contributed by atoms with Crippen LogP contribution in [0.15, 0.2) is 48.5 Å². The third-order valence-corrected chi connectivity index (χ3v) is 6.98. The average Bonchev–Trinajstić information content (AvgIpc) is 3.39. The zero-order valence-corrected chi connectivity index (χ0v) is 19.5. The molecule has 180 valence electrons. The van der Waals surface area contributed by atoms with Crippen LogP contribution in [-0.4, -0.2) is 54.2 Å². The van der Waals surface area contributed by atoms with E-state index >= 15 is 0 Å². The second kappa shape index (κ2) is 10.7. The zero-order chi connectivity index (χ0) is 24.1. The van der Waals surface area contributed by atoms with Gasteiger partial charge in [-0.15, -0.1) is 0 Å². The lowest BCUT2D eigenvalue weighted by molar-refractivity contribution is -0.138. The largest absolute Gasteiger partial charge is 0.481 e. The van der Waals surface area contributed by atoms with Gasteiger partial charge in [0.1, 0.15) is 6.61 Å². The highest BCUT2D eigenvalue weighted by Gasteiger charge is 2.31. The number of alkyl carbamates (subject to hydrolysis) is 1. The third-order valence-electron chi connectivity index (χ3n) is 6.98. The van der Waals surface area contributed by atoms with E-state index in [4.69, 9.17) is 9.84 Å². The van der Waals surface area contributed by atoms with Crippen molar-refractivity contribution in [2.75, 3.05) is 20.2 Å². The van der Waals surface area contributed by atoms with Gasteiger partial charge in [-0.3, -0.25) is 9.59 Å². The van der Waals surface area contributed by atoms with Crippen molar-refractivity contribution in [2.45, 2.75) is 50.5 Å². The highest BCUT2D eigenvalue weighted by atomic mass is 16.5. The molecule has 4 rings (SSSR count). The number of rotatable bonds is 9. The number of carboxylic acids is 1. The Kier molecular flexibility index (Phi) is 7.50. The van der Waals surface area contributed by atoms with Gasteiger partial charge in [-0.2, -0.15) is 0 Å². The Morgan fingerprint density at radius 1 is 1.03 bits per heavy atom. The molecule has 0 spiro atoms. The Labute approximate surface area is 200 Å². The zero-order valence-electron chi connectivity index (χ0n) is 19.5. The molecule has 0 radical (unpaired) electrons. The van der Waals surface area contributed by atoms with Gasteiger partial charge in [0.15, 0.2) is 0 Å². The highest BCUT2D eigenvalue weighted by molar-refractivity contribution is 5.79. The van der Waals surface area contributed by atoms with Crippen molar-refractivity contribution < 1.29 is 24.2 Å². The van der Waals surface area contributed by atoms with Gasteiger partial charge in [0.25, 0.3) is 0 Å². The number of fused-ring (bicyclic) bond motifs is 3. The van der Waals surface area contributed by atoms with Crippen molar-refractivity contribution in [1.29, 1.82) is 0 Å². The molecule has 0 aliphatic heterocycles. The average molecular weight is 465 g/mol. The Morgan fingerprint density at radius 3 is 2.32 bits per heavy atom. The van der Waals surface area contributed by atoms with Gasteiger partial charge in [0.05, 0.1) is 0 Å². The molecule has 2 unspecified atom stereocenters. The smallest absolute Gasteiger partial charge is 0.407 e. The first kappa shape index (κ1) is 23.8. The van der Waals surface area contributed by atoms with Crippen molar-refractivity contribution in [1.82, 2.24) is 10.2 Å². The van der Waals surface area contributed by atoms with Crippen molar-refractivity contribution >= 4 is 18.0 Å². The molecule has 34 heavy (non-hydrogen) atoms. The molecule has 0 aromatic heterocycles. The summed E-state index contributed by atoms with van der Waals surface area (Å²) >= 11 is 0. The SMILES string of the molecule is CN(CCCC(=O)O)C(=O)CC1CCC(NC(=O)OCC2c3ccccc3-c3ccccc32)C1. The topological polar surface area (TPSA) is 95.9 Å². The van der Waals surface area contributed by atoms with Crippen molar-refractivity contribution in [3.8, 4) is 11.1 Å². The Bertz CT molecular complexity index is 1010. The minimum Gasteiger partial charge on any atom is -0.481 e. The molecule has 7 nitrogen and oxygen atoms in total. The van der Waals surface area contributed by atoms with Gasteiger partial charge in [-0.05, 0) is 53.9 Å². The van der Waals surface area contributed by atoms with Crippen LogP contribution >= 0.6 is 0 Å². The molecule has 0 heterocycles. The molecule has 2 aliphatic rings. The monoisotopic (exact) mass is 464 g/mol. The van der Waals surface area contributed by atoms with E-state index in [0.29, 0.717) is 19.4 Å². The van der Waals surface area contributed by atoms with Crippen molar-refractivity contribution in [2.24, 2.45) is 5.92 Å². The molecule has 2 aromatic carbocycles. The summed E-state index contributed by atoms with van der Waals surface area (Å²) in [5, 5.41) is 11.7. The van der Waals surface area contributed by atoms with E-state index in [1.54, 1.807) is 11.9 Å². The van der Waals surface area contributed by atoms with Crippen LogP contribution < -0.4 is 5.32 Å². The number of hydrogen-bond donors (Lipinski definition) is 2. The molecule has 2 amide bonds. The maximum atomic E-state index is 12.5. The standard InChI is InChI=1S/C27H32N2O5/c1-29(14-6-11-26(31)32)25(30)16-18-12-13-19(15-18)28-27(33)34-17-24-22-9-4-2-7-20(22)21-8-3-5-10-23(21)24/h2-5,7-10,18-19,24H,6,11-17H2,1H3,(H,28,33)(H,31,32). The minimum absolute atomic E-state index is 0.00534.